The van der Waals surface area contributed by atoms with E-state index in [0.717, 1.165) is 34.2 Å². The minimum atomic E-state index is -0.0717. The predicted octanol–water partition coefficient (Wildman–Crippen LogP) is 2.80. The smallest absolute Gasteiger partial charge is 0.261 e. The average molecular weight is 297 g/mol. The number of hydrogen-bond donors (Lipinski definition) is 1. The summed E-state index contributed by atoms with van der Waals surface area (Å²) in [5.74, 6) is 3.01. The van der Waals surface area contributed by atoms with Crippen molar-refractivity contribution in [1.82, 2.24) is 10.1 Å². The highest BCUT2D eigenvalue weighted by molar-refractivity contribution is 7.99. The molecule has 0 bridgehead atoms. The molecule has 102 valence electrons. The van der Waals surface area contributed by atoms with Crippen LogP contribution in [-0.2, 0) is 4.74 Å². The summed E-state index contributed by atoms with van der Waals surface area (Å²) in [6, 6.07) is 0. The van der Waals surface area contributed by atoms with Crippen molar-refractivity contribution in [3.05, 3.63) is 16.3 Å². The van der Waals surface area contributed by atoms with Crippen LogP contribution >= 0.6 is 23.1 Å². The van der Waals surface area contributed by atoms with Gasteiger partial charge in [0.15, 0.2) is 0 Å². The Morgan fingerprint density at radius 1 is 1.37 bits per heavy atom. The Morgan fingerprint density at radius 3 is 2.84 bits per heavy atom. The number of aromatic nitrogens is 2. The molecule has 2 aromatic heterocycles. The molecule has 3 rings (SSSR count). The number of nitrogens with two attached hydrogens (primary N) is 1. The summed E-state index contributed by atoms with van der Waals surface area (Å²) in [5.41, 5.74) is 7.99. The molecule has 19 heavy (non-hydrogen) atoms. The fourth-order valence-corrected chi connectivity index (χ4v) is 3.79. The third-order valence-electron chi connectivity index (χ3n) is 3.17. The maximum atomic E-state index is 6.02. The molecule has 0 saturated carbocycles. The van der Waals surface area contributed by atoms with Gasteiger partial charge < -0.3 is 15.0 Å². The quantitative estimate of drug-likeness (QED) is 0.918. The molecule has 0 aliphatic carbocycles. The molecule has 0 radical (unpaired) electrons. The van der Waals surface area contributed by atoms with Crippen LogP contribution in [0.3, 0.4) is 0 Å². The zero-order chi connectivity index (χ0) is 13.4. The SMILES string of the molecule is Cc1sc(N)c(-c2nc(C3CSCCO3)no2)c1C. The minimum Gasteiger partial charge on any atom is -0.390 e. The molecule has 0 aromatic carbocycles. The van der Waals surface area contributed by atoms with Crippen molar-refractivity contribution >= 4 is 28.1 Å². The van der Waals surface area contributed by atoms with Gasteiger partial charge in [0.25, 0.3) is 5.89 Å². The molecular formula is C12H15N3O2S2. The first-order chi connectivity index (χ1) is 9.16. The van der Waals surface area contributed by atoms with E-state index in [0.29, 0.717) is 11.7 Å². The van der Waals surface area contributed by atoms with Crippen LogP contribution in [0.5, 0.6) is 0 Å². The summed E-state index contributed by atoms with van der Waals surface area (Å²) in [6.45, 7) is 4.80. The van der Waals surface area contributed by atoms with Crippen molar-refractivity contribution < 1.29 is 9.26 Å². The molecule has 2 aromatic rings. The Bertz CT molecular complexity index is 588. The Labute approximate surface area is 119 Å². The molecule has 7 heteroatoms. The van der Waals surface area contributed by atoms with Gasteiger partial charge in [0, 0.05) is 16.4 Å². The van der Waals surface area contributed by atoms with Crippen molar-refractivity contribution in [1.29, 1.82) is 0 Å². The first-order valence-corrected chi connectivity index (χ1v) is 8.02. The van der Waals surface area contributed by atoms with Gasteiger partial charge in [0.1, 0.15) is 6.10 Å². The third kappa shape index (κ3) is 2.37. The number of thioether (sulfide) groups is 1. The number of nitrogens with zero attached hydrogens (tertiary/aromatic N) is 2. The predicted molar refractivity (Wildman–Crippen MR) is 77.5 cm³/mol. The lowest BCUT2D eigenvalue weighted by Crippen LogP contribution is -2.16. The van der Waals surface area contributed by atoms with E-state index >= 15 is 0 Å². The lowest BCUT2D eigenvalue weighted by Gasteiger charge is -2.18. The highest BCUT2D eigenvalue weighted by Crippen LogP contribution is 2.37. The van der Waals surface area contributed by atoms with Crippen molar-refractivity contribution in [3.8, 4) is 11.5 Å². The first kappa shape index (κ1) is 13.0. The standard InChI is InChI=1S/C12H15N3O2S2/c1-6-7(2)19-10(13)9(6)12-14-11(15-17-12)8-5-18-4-3-16-8/h8H,3-5,13H2,1-2H3. The highest BCUT2D eigenvalue weighted by Gasteiger charge is 2.24. The third-order valence-corrected chi connectivity index (χ3v) is 5.20. The zero-order valence-corrected chi connectivity index (χ0v) is 12.4. The summed E-state index contributed by atoms with van der Waals surface area (Å²) in [5, 5.41) is 4.76. The van der Waals surface area contributed by atoms with Crippen LogP contribution in [0.1, 0.15) is 22.4 Å². The van der Waals surface area contributed by atoms with Crippen molar-refractivity contribution in [2.24, 2.45) is 0 Å². The molecule has 1 atom stereocenters. The lowest BCUT2D eigenvalue weighted by atomic mass is 10.1. The number of hydrogen-bond acceptors (Lipinski definition) is 7. The van der Waals surface area contributed by atoms with Gasteiger partial charge in [-0.05, 0) is 19.4 Å². The Morgan fingerprint density at radius 2 is 2.21 bits per heavy atom. The van der Waals surface area contributed by atoms with E-state index in [1.165, 1.54) is 4.88 Å². The number of ether oxygens (including phenoxy) is 1. The van der Waals surface area contributed by atoms with Crippen LogP contribution in [-0.4, -0.2) is 28.3 Å². The summed E-state index contributed by atoms with van der Waals surface area (Å²) >= 11 is 3.39. The number of anilines is 1. The number of thiophene rings is 1. The zero-order valence-electron chi connectivity index (χ0n) is 10.8. The monoisotopic (exact) mass is 297 g/mol. The molecular weight excluding hydrogens is 282 g/mol. The molecule has 1 fully saturated rings. The maximum Gasteiger partial charge on any atom is 0.261 e. The van der Waals surface area contributed by atoms with Gasteiger partial charge in [-0.25, -0.2) is 0 Å². The molecule has 1 aliphatic rings. The van der Waals surface area contributed by atoms with E-state index in [4.69, 9.17) is 15.0 Å². The second kappa shape index (κ2) is 5.15. The van der Waals surface area contributed by atoms with E-state index < -0.39 is 0 Å². The van der Waals surface area contributed by atoms with E-state index in [9.17, 15) is 0 Å². The molecule has 1 saturated heterocycles. The van der Waals surface area contributed by atoms with Crippen LogP contribution in [0.25, 0.3) is 11.5 Å². The molecule has 0 amide bonds. The van der Waals surface area contributed by atoms with E-state index in [1.807, 2.05) is 25.6 Å². The molecule has 0 spiro atoms. The van der Waals surface area contributed by atoms with Gasteiger partial charge in [-0.1, -0.05) is 5.16 Å². The van der Waals surface area contributed by atoms with E-state index in [2.05, 4.69) is 10.1 Å². The van der Waals surface area contributed by atoms with Crippen molar-refractivity contribution in [3.63, 3.8) is 0 Å². The lowest BCUT2D eigenvalue weighted by molar-refractivity contribution is 0.0677. The molecule has 1 unspecified atom stereocenters. The van der Waals surface area contributed by atoms with Gasteiger partial charge in [-0.3, -0.25) is 0 Å². The number of aryl methyl sites for hydroxylation is 1. The Hall–Kier alpha value is -1.05. The fourth-order valence-electron chi connectivity index (χ4n) is 2.02. The summed E-state index contributed by atoms with van der Waals surface area (Å²) in [7, 11) is 0. The van der Waals surface area contributed by atoms with Gasteiger partial charge in [-0.2, -0.15) is 16.7 Å². The van der Waals surface area contributed by atoms with Crippen LogP contribution in [0.2, 0.25) is 0 Å². The van der Waals surface area contributed by atoms with Crippen molar-refractivity contribution in [2.75, 3.05) is 23.8 Å². The maximum absolute atomic E-state index is 6.02. The largest absolute Gasteiger partial charge is 0.390 e. The van der Waals surface area contributed by atoms with Crippen molar-refractivity contribution in [2.45, 2.75) is 20.0 Å². The van der Waals surface area contributed by atoms with Gasteiger partial charge >= 0.3 is 0 Å². The number of nitrogen functional groups attached to an aromatic ring is 1. The Kier molecular flexibility index (Phi) is 3.51. The fraction of sp³-hybridized carbons (Fsp3) is 0.500. The van der Waals surface area contributed by atoms with Crippen LogP contribution < -0.4 is 5.73 Å². The Balaban J connectivity index is 1.92. The molecule has 3 heterocycles. The number of rotatable bonds is 2. The van der Waals surface area contributed by atoms with Crippen LogP contribution in [0.4, 0.5) is 5.00 Å². The minimum absolute atomic E-state index is 0.0717. The first-order valence-electron chi connectivity index (χ1n) is 6.05. The average Bonchev–Trinajstić information content (AvgIpc) is 2.97. The molecule has 1 aliphatic heterocycles. The van der Waals surface area contributed by atoms with E-state index in [1.54, 1.807) is 11.3 Å². The van der Waals surface area contributed by atoms with Crippen LogP contribution in [0, 0.1) is 13.8 Å². The summed E-state index contributed by atoms with van der Waals surface area (Å²) < 4.78 is 11.0. The molecule has 5 nitrogen and oxygen atoms in total. The highest BCUT2D eigenvalue weighted by atomic mass is 32.2. The topological polar surface area (TPSA) is 74.2 Å². The second-order valence-electron chi connectivity index (χ2n) is 4.41. The van der Waals surface area contributed by atoms with Crippen LogP contribution in [0.15, 0.2) is 4.52 Å². The molecule has 2 N–H and O–H groups in total. The summed E-state index contributed by atoms with van der Waals surface area (Å²) in [6.07, 6.45) is -0.0717. The van der Waals surface area contributed by atoms with Gasteiger partial charge in [0.2, 0.25) is 5.82 Å². The van der Waals surface area contributed by atoms with Gasteiger partial charge in [-0.15, -0.1) is 11.3 Å². The van der Waals surface area contributed by atoms with E-state index in [-0.39, 0.29) is 6.10 Å². The van der Waals surface area contributed by atoms with Gasteiger partial charge in [0.05, 0.1) is 17.2 Å². The summed E-state index contributed by atoms with van der Waals surface area (Å²) in [4.78, 5) is 5.63. The second-order valence-corrected chi connectivity index (χ2v) is 6.82. The normalized spacial score (nSPS) is 19.8.